The number of rotatable bonds is 4. The lowest BCUT2D eigenvalue weighted by Gasteiger charge is -2.37. The summed E-state index contributed by atoms with van der Waals surface area (Å²) in [5.74, 6) is 1.05. The fraction of sp³-hybridized carbons (Fsp3) is 0.217. The van der Waals surface area contributed by atoms with E-state index in [0.29, 0.717) is 0 Å². The molecule has 0 spiro atoms. The van der Waals surface area contributed by atoms with E-state index < -0.39 is 0 Å². The molecular formula is C23H23NOS2. The fourth-order valence-corrected chi connectivity index (χ4v) is 5.33. The Morgan fingerprint density at radius 1 is 0.852 bits per heavy atom. The van der Waals surface area contributed by atoms with Crippen LogP contribution in [0, 0.1) is 0 Å². The first-order chi connectivity index (χ1) is 13.3. The topological polar surface area (TPSA) is 12.5 Å². The van der Waals surface area contributed by atoms with Crippen molar-refractivity contribution in [2.45, 2.75) is 12.8 Å². The Hall–Kier alpha value is -2.04. The summed E-state index contributed by atoms with van der Waals surface area (Å²) in [6.45, 7) is 0. The number of anilines is 2. The molecule has 0 N–H and O–H groups in total. The monoisotopic (exact) mass is 393 g/mol. The molecule has 0 amide bonds. The average molecular weight is 394 g/mol. The zero-order valence-corrected chi connectivity index (χ0v) is 17.5. The first kappa shape index (κ1) is 18.3. The van der Waals surface area contributed by atoms with Gasteiger partial charge < -0.3 is 9.64 Å². The molecule has 2 aliphatic rings. The number of thioether (sulfide) groups is 2. The maximum atomic E-state index is 5.43. The van der Waals surface area contributed by atoms with Crippen molar-refractivity contribution >= 4 is 40.5 Å². The third kappa shape index (κ3) is 3.21. The molecule has 1 aliphatic heterocycles. The van der Waals surface area contributed by atoms with E-state index in [1.807, 2.05) is 23.5 Å². The van der Waals surface area contributed by atoms with Crippen LogP contribution >= 0.6 is 23.5 Å². The molecule has 2 nitrogen and oxygen atoms in total. The van der Waals surface area contributed by atoms with E-state index >= 15 is 0 Å². The second-order valence-electron chi connectivity index (χ2n) is 6.44. The van der Waals surface area contributed by atoms with Crippen LogP contribution in [-0.2, 0) is 4.74 Å². The van der Waals surface area contributed by atoms with Crippen molar-refractivity contribution in [2.75, 3.05) is 24.5 Å². The summed E-state index contributed by atoms with van der Waals surface area (Å²) in [4.78, 5) is 2.43. The van der Waals surface area contributed by atoms with E-state index in [9.17, 15) is 0 Å². The standard InChI is InChI=1S/C23H23NOS2/c1-25-17-14-12-16(13-15-17)24-20-10-6-4-8-18(20)22(23(26-2)27-3)19-9-5-7-11-21(19)24/h4-12,14H,13,15H2,1-3H3. The van der Waals surface area contributed by atoms with Gasteiger partial charge in [-0.15, -0.1) is 23.5 Å². The minimum Gasteiger partial charge on any atom is -0.501 e. The van der Waals surface area contributed by atoms with Gasteiger partial charge in [-0.1, -0.05) is 36.4 Å². The summed E-state index contributed by atoms with van der Waals surface area (Å²) in [6, 6.07) is 17.5. The lowest BCUT2D eigenvalue weighted by Crippen LogP contribution is -2.23. The predicted octanol–water partition coefficient (Wildman–Crippen LogP) is 6.79. The highest BCUT2D eigenvalue weighted by Crippen LogP contribution is 2.51. The Labute approximate surface area is 170 Å². The van der Waals surface area contributed by atoms with Gasteiger partial charge in [0.25, 0.3) is 0 Å². The number of hydrogen-bond donors (Lipinski definition) is 0. The molecule has 1 heterocycles. The Kier molecular flexibility index (Phi) is 5.37. The molecule has 4 rings (SSSR count). The van der Waals surface area contributed by atoms with Gasteiger partial charge in [-0.3, -0.25) is 0 Å². The normalized spacial score (nSPS) is 15.5. The molecule has 2 aromatic carbocycles. The fourth-order valence-electron chi connectivity index (χ4n) is 3.82. The molecule has 0 saturated carbocycles. The van der Waals surface area contributed by atoms with Gasteiger partial charge in [-0.2, -0.15) is 0 Å². The van der Waals surface area contributed by atoms with Crippen molar-refractivity contribution in [1.29, 1.82) is 0 Å². The van der Waals surface area contributed by atoms with E-state index in [-0.39, 0.29) is 0 Å². The van der Waals surface area contributed by atoms with Gasteiger partial charge in [-0.25, -0.2) is 0 Å². The molecule has 1 aliphatic carbocycles. The molecular weight excluding hydrogens is 370 g/mol. The molecule has 27 heavy (non-hydrogen) atoms. The molecule has 0 radical (unpaired) electrons. The van der Waals surface area contributed by atoms with Crippen LogP contribution in [0.15, 0.2) is 76.4 Å². The molecule has 0 unspecified atom stereocenters. The molecule has 0 aromatic heterocycles. The minimum atomic E-state index is 0.937. The first-order valence-corrected chi connectivity index (χ1v) is 11.5. The van der Waals surface area contributed by atoms with E-state index in [0.717, 1.165) is 18.6 Å². The summed E-state index contributed by atoms with van der Waals surface area (Å²) in [5.41, 5.74) is 7.78. The average Bonchev–Trinajstić information content (AvgIpc) is 2.74. The van der Waals surface area contributed by atoms with Crippen LogP contribution in [0.4, 0.5) is 11.4 Å². The predicted molar refractivity (Wildman–Crippen MR) is 120 cm³/mol. The summed E-state index contributed by atoms with van der Waals surface area (Å²) in [7, 11) is 1.75. The van der Waals surface area contributed by atoms with Crippen molar-refractivity contribution < 1.29 is 4.74 Å². The third-order valence-electron chi connectivity index (χ3n) is 5.04. The molecule has 138 valence electrons. The lowest BCUT2D eigenvalue weighted by molar-refractivity contribution is 0.275. The quantitative estimate of drug-likeness (QED) is 0.567. The van der Waals surface area contributed by atoms with Crippen LogP contribution < -0.4 is 4.90 Å². The highest BCUT2D eigenvalue weighted by atomic mass is 32.2. The Bertz CT molecular complexity index is 903. The van der Waals surface area contributed by atoms with Gasteiger partial charge in [0.05, 0.1) is 24.2 Å². The van der Waals surface area contributed by atoms with Crippen LogP contribution in [0.25, 0.3) is 5.57 Å². The van der Waals surface area contributed by atoms with Gasteiger partial charge in [0, 0.05) is 33.1 Å². The zero-order valence-electron chi connectivity index (χ0n) is 15.9. The van der Waals surface area contributed by atoms with E-state index in [2.05, 4.69) is 78.1 Å². The molecule has 0 atom stereocenters. The molecule has 0 bridgehead atoms. The largest absolute Gasteiger partial charge is 0.501 e. The highest BCUT2D eigenvalue weighted by molar-refractivity contribution is 8.21. The van der Waals surface area contributed by atoms with E-state index in [1.165, 1.54) is 38.0 Å². The van der Waals surface area contributed by atoms with Crippen molar-refractivity contribution in [1.82, 2.24) is 0 Å². The number of ether oxygens (including phenoxy) is 1. The van der Waals surface area contributed by atoms with E-state index in [1.54, 1.807) is 7.11 Å². The number of para-hydroxylation sites is 2. The molecule has 2 aromatic rings. The second kappa shape index (κ2) is 7.91. The van der Waals surface area contributed by atoms with Gasteiger partial charge in [0.2, 0.25) is 0 Å². The highest BCUT2D eigenvalue weighted by Gasteiger charge is 2.30. The van der Waals surface area contributed by atoms with Crippen LogP contribution in [0.5, 0.6) is 0 Å². The Morgan fingerprint density at radius 2 is 1.44 bits per heavy atom. The smallest absolute Gasteiger partial charge is 0.0959 e. The first-order valence-electron chi connectivity index (χ1n) is 9.03. The summed E-state index contributed by atoms with van der Waals surface area (Å²) < 4.78 is 6.78. The maximum absolute atomic E-state index is 5.43. The lowest BCUT2D eigenvalue weighted by atomic mass is 9.90. The van der Waals surface area contributed by atoms with Crippen molar-refractivity contribution in [3.05, 3.63) is 87.5 Å². The minimum absolute atomic E-state index is 0.937. The zero-order chi connectivity index (χ0) is 18.8. The Morgan fingerprint density at radius 3 is 1.93 bits per heavy atom. The van der Waals surface area contributed by atoms with E-state index in [4.69, 9.17) is 4.74 Å². The molecule has 0 saturated heterocycles. The number of benzene rings is 2. The van der Waals surface area contributed by atoms with Crippen LogP contribution in [0.1, 0.15) is 24.0 Å². The van der Waals surface area contributed by atoms with Crippen LogP contribution in [0.3, 0.4) is 0 Å². The maximum Gasteiger partial charge on any atom is 0.0959 e. The summed E-state index contributed by atoms with van der Waals surface area (Å²) in [5, 5.41) is 0. The van der Waals surface area contributed by atoms with Gasteiger partial charge in [0.15, 0.2) is 0 Å². The van der Waals surface area contributed by atoms with Crippen LogP contribution in [0.2, 0.25) is 0 Å². The second-order valence-corrected chi connectivity index (χ2v) is 8.33. The summed E-state index contributed by atoms with van der Waals surface area (Å²) in [6.07, 6.45) is 10.5. The number of hydrogen-bond acceptors (Lipinski definition) is 4. The molecule has 0 fully saturated rings. The third-order valence-corrected chi connectivity index (χ3v) is 7.19. The van der Waals surface area contributed by atoms with Crippen molar-refractivity contribution in [3.63, 3.8) is 0 Å². The number of allylic oxidation sites excluding steroid dienone is 4. The number of nitrogens with zero attached hydrogens (tertiary/aromatic N) is 1. The van der Waals surface area contributed by atoms with Gasteiger partial charge in [0.1, 0.15) is 0 Å². The SMILES string of the molecule is COC1=CC=C(N2c3ccccc3C(=C(SC)SC)c3ccccc32)CC1. The number of fused-ring (bicyclic) bond motifs is 2. The number of methoxy groups -OCH3 is 1. The summed E-state index contributed by atoms with van der Waals surface area (Å²) >= 11 is 3.65. The van der Waals surface area contributed by atoms with Gasteiger partial charge in [-0.05, 0) is 43.2 Å². The van der Waals surface area contributed by atoms with Crippen LogP contribution in [-0.4, -0.2) is 19.6 Å². The molecule has 4 heteroatoms. The Balaban J connectivity index is 1.97. The van der Waals surface area contributed by atoms with Crippen molar-refractivity contribution in [3.8, 4) is 0 Å². The van der Waals surface area contributed by atoms with Gasteiger partial charge >= 0.3 is 0 Å². The van der Waals surface area contributed by atoms with Crippen molar-refractivity contribution in [2.24, 2.45) is 0 Å².